The van der Waals surface area contributed by atoms with Crippen LogP contribution in [0.5, 0.6) is 0 Å². The molecule has 0 fully saturated rings. The molecule has 1 aromatic carbocycles. The molecule has 0 unspecified atom stereocenters. The summed E-state index contributed by atoms with van der Waals surface area (Å²) < 4.78 is 0. The van der Waals surface area contributed by atoms with Crippen LogP contribution in [-0.4, -0.2) is 16.1 Å². The van der Waals surface area contributed by atoms with Crippen molar-refractivity contribution >= 4 is 34.9 Å². The Balaban J connectivity index is 2.19. The maximum absolute atomic E-state index is 12.0. The molecule has 0 radical (unpaired) electrons. The number of anilines is 1. The lowest BCUT2D eigenvalue weighted by Gasteiger charge is -2.04. The van der Waals surface area contributed by atoms with Crippen LogP contribution in [0, 0.1) is 0 Å². The number of benzene rings is 1. The third-order valence-electron chi connectivity index (χ3n) is 2.45. The normalized spacial score (nSPS) is 10.4. The van der Waals surface area contributed by atoms with Crippen LogP contribution < -0.4 is 5.32 Å². The predicted octanol–water partition coefficient (Wildman–Crippen LogP) is 3.53. The number of amides is 1. The number of halogens is 2. The first-order valence-corrected chi connectivity index (χ1v) is 6.17. The Labute approximate surface area is 114 Å². The van der Waals surface area contributed by atoms with Gasteiger partial charge in [-0.1, -0.05) is 36.2 Å². The monoisotopic (exact) mass is 283 g/mol. The zero-order valence-corrected chi connectivity index (χ0v) is 11.1. The highest BCUT2D eigenvalue weighted by Gasteiger charge is 2.13. The number of aromatic nitrogens is 2. The molecule has 4 nitrogen and oxygen atoms in total. The third kappa shape index (κ3) is 2.66. The Bertz CT molecular complexity index is 580. The van der Waals surface area contributed by atoms with E-state index in [2.05, 4.69) is 15.5 Å². The molecule has 1 aromatic heterocycles. The molecule has 0 aliphatic carbocycles. The number of carbonyl (C=O) groups excluding carboxylic acids is 1. The molecular formula is C12H11Cl2N3O. The second kappa shape index (κ2) is 5.42. The lowest BCUT2D eigenvalue weighted by molar-refractivity contribution is 0.102. The third-order valence-corrected chi connectivity index (χ3v) is 3.27. The van der Waals surface area contributed by atoms with Crippen LogP contribution in [0.4, 0.5) is 5.82 Å². The highest BCUT2D eigenvalue weighted by molar-refractivity contribution is 6.44. The smallest absolute Gasteiger partial charge is 0.258 e. The molecule has 2 aromatic rings. The Morgan fingerprint density at radius 1 is 1.44 bits per heavy atom. The summed E-state index contributed by atoms with van der Waals surface area (Å²) in [7, 11) is 0. The Morgan fingerprint density at radius 2 is 2.22 bits per heavy atom. The maximum atomic E-state index is 12.0. The number of hydrogen-bond acceptors (Lipinski definition) is 2. The number of hydrogen-bond donors (Lipinski definition) is 2. The summed E-state index contributed by atoms with van der Waals surface area (Å²) in [6.45, 7) is 1.99. The highest BCUT2D eigenvalue weighted by atomic mass is 35.5. The molecule has 6 heteroatoms. The van der Waals surface area contributed by atoms with Crippen molar-refractivity contribution in [2.45, 2.75) is 13.3 Å². The summed E-state index contributed by atoms with van der Waals surface area (Å²) in [5.74, 6) is 0.129. The number of carbonyl (C=O) groups is 1. The summed E-state index contributed by atoms with van der Waals surface area (Å²) in [6.07, 6.45) is 0.820. The van der Waals surface area contributed by atoms with E-state index in [1.165, 1.54) is 0 Å². The van der Waals surface area contributed by atoms with Crippen LogP contribution in [0.2, 0.25) is 10.0 Å². The van der Waals surface area contributed by atoms with Crippen molar-refractivity contribution < 1.29 is 4.79 Å². The van der Waals surface area contributed by atoms with Gasteiger partial charge in [-0.2, -0.15) is 5.10 Å². The minimum absolute atomic E-state index is 0.239. The van der Waals surface area contributed by atoms with E-state index in [-0.39, 0.29) is 10.9 Å². The second-order valence-electron chi connectivity index (χ2n) is 3.69. The SMILES string of the molecule is CCc1cc(NC(=O)c2cccc(Cl)c2Cl)n[nH]1. The molecule has 0 aliphatic heterocycles. The van der Waals surface area contributed by atoms with E-state index >= 15 is 0 Å². The molecule has 0 saturated carbocycles. The van der Waals surface area contributed by atoms with Gasteiger partial charge in [-0.15, -0.1) is 0 Å². The average Bonchev–Trinajstić information content (AvgIpc) is 2.80. The van der Waals surface area contributed by atoms with Gasteiger partial charge in [0.2, 0.25) is 0 Å². The summed E-state index contributed by atoms with van der Waals surface area (Å²) in [5.41, 5.74) is 1.27. The van der Waals surface area contributed by atoms with Crippen LogP contribution in [0.15, 0.2) is 24.3 Å². The van der Waals surface area contributed by atoms with E-state index in [1.807, 2.05) is 6.92 Å². The molecule has 1 heterocycles. The number of nitrogens with one attached hydrogen (secondary N) is 2. The Hall–Kier alpha value is -1.52. The number of aromatic amines is 1. The van der Waals surface area contributed by atoms with E-state index in [0.29, 0.717) is 16.4 Å². The Kier molecular flexibility index (Phi) is 3.89. The zero-order valence-electron chi connectivity index (χ0n) is 9.63. The van der Waals surface area contributed by atoms with Crippen molar-refractivity contribution in [3.05, 3.63) is 45.6 Å². The quantitative estimate of drug-likeness (QED) is 0.905. The topological polar surface area (TPSA) is 57.8 Å². The van der Waals surface area contributed by atoms with Gasteiger partial charge in [0.05, 0.1) is 15.6 Å². The van der Waals surface area contributed by atoms with Crippen LogP contribution in [0.1, 0.15) is 23.0 Å². The molecule has 0 bridgehead atoms. The largest absolute Gasteiger partial charge is 0.305 e. The van der Waals surface area contributed by atoms with Gasteiger partial charge < -0.3 is 5.32 Å². The van der Waals surface area contributed by atoms with Crippen molar-refractivity contribution in [3.63, 3.8) is 0 Å². The van der Waals surface area contributed by atoms with Crippen molar-refractivity contribution in [1.82, 2.24) is 10.2 Å². The molecule has 94 valence electrons. The second-order valence-corrected chi connectivity index (χ2v) is 4.47. The Morgan fingerprint density at radius 3 is 2.89 bits per heavy atom. The van der Waals surface area contributed by atoms with Crippen molar-refractivity contribution in [3.8, 4) is 0 Å². The zero-order chi connectivity index (χ0) is 13.1. The first-order chi connectivity index (χ1) is 8.61. The summed E-state index contributed by atoms with van der Waals surface area (Å²) >= 11 is 11.8. The van der Waals surface area contributed by atoms with E-state index < -0.39 is 0 Å². The van der Waals surface area contributed by atoms with E-state index in [9.17, 15) is 4.79 Å². The predicted molar refractivity (Wildman–Crippen MR) is 72.4 cm³/mol. The van der Waals surface area contributed by atoms with E-state index in [1.54, 1.807) is 24.3 Å². The van der Waals surface area contributed by atoms with Gasteiger partial charge in [-0.3, -0.25) is 9.89 Å². The van der Waals surface area contributed by atoms with Gasteiger partial charge in [0.25, 0.3) is 5.91 Å². The van der Waals surface area contributed by atoms with Gasteiger partial charge >= 0.3 is 0 Å². The van der Waals surface area contributed by atoms with Gasteiger partial charge in [0.1, 0.15) is 0 Å². The molecule has 0 aliphatic rings. The van der Waals surface area contributed by atoms with Crippen LogP contribution in [-0.2, 0) is 6.42 Å². The summed E-state index contributed by atoms with van der Waals surface area (Å²) in [6, 6.07) is 6.68. The maximum Gasteiger partial charge on any atom is 0.258 e. The van der Waals surface area contributed by atoms with Crippen molar-refractivity contribution in [2.75, 3.05) is 5.32 Å². The van der Waals surface area contributed by atoms with Gasteiger partial charge in [-0.25, -0.2) is 0 Å². The minimum atomic E-state index is -0.336. The molecular weight excluding hydrogens is 273 g/mol. The lowest BCUT2D eigenvalue weighted by atomic mass is 10.2. The molecule has 0 spiro atoms. The summed E-state index contributed by atoms with van der Waals surface area (Å²) in [4.78, 5) is 12.0. The first kappa shape index (κ1) is 12.9. The van der Waals surface area contributed by atoms with Crippen LogP contribution >= 0.6 is 23.2 Å². The van der Waals surface area contributed by atoms with Gasteiger partial charge in [-0.05, 0) is 18.6 Å². The van der Waals surface area contributed by atoms with E-state index in [0.717, 1.165) is 12.1 Å². The van der Waals surface area contributed by atoms with Gasteiger partial charge in [0, 0.05) is 11.8 Å². The molecule has 18 heavy (non-hydrogen) atoms. The molecule has 2 rings (SSSR count). The molecule has 2 N–H and O–H groups in total. The van der Waals surface area contributed by atoms with Crippen LogP contribution in [0.3, 0.4) is 0 Å². The fraction of sp³-hybridized carbons (Fsp3) is 0.167. The standard InChI is InChI=1S/C12H11Cl2N3O/c1-2-7-6-10(17-16-7)15-12(18)8-4-3-5-9(13)11(8)14/h3-6H,2H2,1H3,(H2,15,16,17,18). The van der Waals surface area contributed by atoms with Crippen LogP contribution in [0.25, 0.3) is 0 Å². The van der Waals surface area contributed by atoms with Crippen molar-refractivity contribution in [1.29, 1.82) is 0 Å². The average molecular weight is 284 g/mol. The number of aryl methyl sites for hydroxylation is 1. The fourth-order valence-corrected chi connectivity index (χ4v) is 1.86. The molecule has 0 saturated heterocycles. The van der Waals surface area contributed by atoms with E-state index in [4.69, 9.17) is 23.2 Å². The minimum Gasteiger partial charge on any atom is -0.305 e. The fourth-order valence-electron chi connectivity index (χ4n) is 1.47. The van der Waals surface area contributed by atoms with Gasteiger partial charge in [0.15, 0.2) is 5.82 Å². The summed E-state index contributed by atoms with van der Waals surface area (Å²) in [5, 5.41) is 10.0. The van der Waals surface area contributed by atoms with Crippen molar-refractivity contribution in [2.24, 2.45) is 0 Å². The first-order valence-electron chi connectivity index (χ1n) is 5.41. The lowest BCUT2D eigenvalue weighted by Crippen LogP contribution is -2.12. The number of rotatable bonds is 3. The number of nitrogens with zero attached hydrogens (tertiary/aromatic N) is 1. The molecule has 0 atom stereocenters. The highest BCUT2D eigenvalue weighted by Crippen LogP contribution is 2.26. The number of H-pyrrole nitrogens is 1. The molecule has 1 amide bonds.